The number of hydrogen-bond donors (Lipinski definition) is 1. The van der Waals surface area contributed by atoms with Crippen molar-refractivity contribution in [2.75, 3.05) is 0 Å². The average Bonchev–Trinajstić information content (AvgIpc) is 3.38. The Morgan fingerprint density at radius 3 is 2.52 bits per heavy atom. The van der Waals surface area contributed by atoms with Gasteiger partial charge in [0.15, 0.2) is 0 Å². The Morgan fingerprint density at radius 1 is 1.24 bits per heavy atom. The third-order valence-corrected chi connectivity index (χ3v) is 7.46. The summed E-state index contributed by atoms with van der Waals surface area (Å²) in [4.78, 5) is 8.23. The van der Waals surface area contributed by atoms with Gasteiger partial charge in [-0.15, -0.1) is 0 Å². The molecule has 1 atom stereocenters. The van der Waals surface area contributed by atoms with Crippen LogP contribution in [0, 0.1) is 11.3 Å². The lowest BCUT2D eigenvalue weighted by molar-refractivity contribution is -0.147. The Bertz CT molecular complexity index is 1340. The maximum Gasteiger partial charge on any atom is 0.404 e. The van der Waals surface area contributed by atoms with Gasteiger partial charge in [-0.1, -0.05) is 24.4 Å². The summed E-state index contributed by atoms with van der Waals surface area (Å²) < 4.78 is 66.7. The lowest BCUT2D eigenvalue weighted by atomic mass is 10.1. The van der Waals surface area contributed by atoms with Gasteiger partial charge in [0.2, 0.25) is 10.0 Å². The minimum absolute atomic E-state index is 0.0813. The molecule has 0 aromatic carbocycles. The summed E-state index contributed by atoms with van der Waals surface area (Å²) in [6.45, 7) is 0.719. The molecule has 0 radical (unpaired) electrons. The van der Waals surface area contributed by atoms with Crippen LogP contribution in [0.5, 0.6) is 0 Å². The van der Waals surface area contributed by atoms with Crippen LogP contribution in [-0.4, -0.2) is 35.2 Å². The van der Waals surface area contributed by atoms with Crippen molar-refractivity contribution in [1.29, 1.82) is 5.26 Å². The predicted molar refractivity (Wildman–Crippen MR) is 116 cm³/mol. The molecule has 0 aliphatic heterocycles. The highest BCUT2D eigenvalue weighted by molar-refractivity contribution is 7.89. The van der Waals surface area contributed by atoms with Gasteiger partial charge in [-0.2, -0.15) is 23.2 Å². The molecule has 0 amide bonds. The van der Waals surface area contributed by atoms with Crippen LogP contribution < -0.4 is 4.72 Å². The summed E-state index contributed by atoms with van der Waals surface area (Å²) in [5.41, 5.74) is 1.68. The predicted octanol–water partition coefficient (Wildman–Crippen LogP) is 4.97. The fourth-order valence-corrected chi connectivity index (χ4v) is 5.42. The minimum atomic E-state index is -4.72. The summed E-state index contributed by atoms with van der Waals surface area (Å²) in [6, 6.07) is 4.21. The van der Waals surface area contributed by atoms with Crippen LogP contribution in [0.15, 0.2) is 35.5 Å². The maximum absolute atomic E-state index is 12.8. The molecule has 33 heavy (non-hydrogen) atoms. The van der Waals surface area contributed by atoms with Gasteiger partial charge in [-0.05, 0) is 38.0 Å². The van der Waals surface area contributed by atoms with E-state index in [9.17, 15) is 26.9 Å². The van der Waals surface area contributed by atoms with E-state index < -0.39 is 27.1 Å². The normalized spacial score (nSPS) is 16.2. The van der Waals surface area contributed by atoms with Gasteiger partial charge in [0.1, 0.15) is 22.7 Å². The van der Waals surface area contributed by atoms with Crippen LogP contribution >= 0.6 is 11.6 Å². The van der Waals surface area contributed by atoms with Crippen molar-refractivity contribution in [2.24, 2.45) is 0 Å². The van der Waals surface area contributed by atoms with Crippen molar-refractivity contribution >= 4 is 32.7 Å². The fourth-order valence-electron chi connectivity index (χ4n) is 4.09. The first kappa shape index (κ1) is 23.5. The largest absolute Gasteiger partial charge is 0.404 e. The molecule has 1 N–H and O–H groups in total. The topological polar surface area (TPSA) is 101 Å². The highest BCUT2D eigenvalue weighted by atomic mass is 35.5. The molecule has 1 aliphatic carbocycles. The van der Waals surface area contributed by atoms with Crippen LogP contribution in [0.2, 0.25) is 5.02 Å². The SMILES string of the molecule is C[C@H](NS(=O)(=O)c1ccc(-c2c(C#N)c3cc(Cl)cnc3n2C2CCCC2)nc1)C(F)(F)F. The molecule has 12 heteroatoms. The van der Waals surface area contributed by atoms with Crippen LogP contribution in [-0.2, 0) is 10.0 Å². The van der Waals surface area contributed by atoms with Gasteiger partial charge in [-0.25, -0.2) is 13.4 Å². The Labute approximate surface area is 193 Å². The van der Waals surface area contributed by atoms with Crippen molar-refractivity contribution in [2.45, 2.75) is 55.8 Å². The Hall–Kier alpha value is -2.68. The van der Waals surface area contributed by atoms with Gasteiger partial charge >= 0.3 is 6.18 Å². The summed E-state index contributed by atoms with van der Waals surface area (Å²) in [6.07, 6.45) is 1.57. The molecule has 0 unspecified atom stereocenters. The molecule has 0 bridgehead atoms. The Kier molecular flexibility index (Phi) is 6.11. The number of hydrogen-bond acceptors (Lipinski definition) is 5. The molecule has 0 saturated heterocycles. The van der Waals surface area contributed by atoms with Gasteiger partial charge in [0, 0.05) is 23.8 Å². The molecule has 1 fully saturated rings. The van der Waals surface area contributed by atoms with E-state index in [2.05, 4.69) is 16.0 Å². The van der Waals surface area contributed by atoms with Crippen molar-refractivity contribution < 1.29 is 21.6 Å². The first-order valence-corrected chi connectivity index (χ1v) is 12.0. The zero-order chi connectivity index (χ0) is 24.0. The summed E-state index contributed by atoms with van der Waals surface area (Å²) in [5.74, 6) is 0. The van der Waals surface area contributed by atoms with E-state index in [0.29, 0.717) is 33.0 Å². The van der Waals surface area contributed by atoms with E-state index in [-0.39, 0.29) is 6.04 Å². The summed E-state index contributed by atoms with van der Waals surface area (Å²) >= 11 is 6.11. The van der Waals surface area contributed by atoms with E-state index >= 15 is 0 Å². The Morgan fingerprint density at radius 2 is 1.94 bits per heavy atom. The molecular weight excluding hydrogens is 479 g/mol. The number of nitrogens with one attached hydrogen (secondary N) is 1. The second-order valence-corrected chi connectivity index (χ2v) is 10.1. The summed E-state index contributed by atoms with van der Waals surface area (Å²) in [7, 11) is -4.45. The van der Waals surface area contributed by atoms with E-state index in [4.69, 9.17) is 11.6 Å². The standard InChI is InChI=1S/C21H19ClF3N5O2S/c1-12(21(23,24)25)29-33(31,32)15-6-7-18(27-11-15)19-17(9-26)16-8-13(22)10-28-20(16)30(19)14-4-2-3-5-14/h6-8,10-12,14,29H,2-5H2,1H3/t12-/m0/s1. The Balaban J connectivity index is 1.81. The zero-order valence-electron chi connectivity index (χ0n) is 17.4. The number of pyridine rings is 2. The molecule has 3 aromatic rings. The monoisotopic (exact) mass is 497 g/mol. The number of fused-ring (bicyclic) bond motifs is 1. The van der Waals surface area contributed by atoms with Crippen LogP contribution in [0.3, 0.4) is 0 Å². The van der Waals surface area contributed by atoms with Crippen molar-refractivity contribution in [1.82, 2.24) is 19.3 Å². The number of halogens is 4. The number of rotatable bonds is 5. The first-order chi connectivity index (χ1) is 15.5. The zero-order valence-corrected chi connectivity index (χ0v) is 19.0. The van der Waals surface area contributed by atoms with E-state index in [1.807, 2.05) is 4.57 Å². The summed E-state index contributed by atoms with van der Waals surface area (Å²) in [5, 5.41) is 10.8. The second kappa shape index (κ2) is 8.59. The molecule has 3 heterocycles. The van der Waals surface area contributed by atoms with Gasteiger partial charge in [0.05, 0.1) is 22.0 Å². The highest BCUT2D eigenvalue weighted by Crippen LogP contribution is 2.40. The van der Waals surface area contributed by atoms with Gasteiger partial charge < -0.3 is 4.57 Å². The van der Waals surface area contributed by atoms with Crippen LogP contribution in [0.25, 0.3) is 22.4 Å². The maximum atomic E-state index is 12.8. The van der Waals surface area contributed by atoms with E-state index in [1.165, 1.54) is 18.3 Å². The molecule has 1 aliphatic rings. The quantitative estimate of drug-likeness (QED) is 0.536. The van der Waals surface area contributed by atoms with Crippen LogP contribution in [0.4, 0.5) is 13.2 Å². The molecule has 4 rings (SSSR count). The van der Waals surface area contributed by atoms with Crippen LogP contribution in [0.1, 0.15) is 44.2 Å². The first-order valence-electron chi connectivity index (χ1n) is 10.2. The molecule has 7 nitrogen and oxygen atoms in total. The van der Waals surface area contributed by atoms with Crippen molar-refractivity contribution in [3.8, 4) is 17.5 Å². The van der Waals surface area contributed by atoms with Gasteiger partial charge in [-0.3, -0.25) is 4.98 Å². The molecule has 3 aromatic heterocycles. The average molecular weight is 498 g/mol. The number of aromatic nitrogens is 3. The van der Waals surface area contributed by atoms with E-state index in [1.54, 1.807) is 10.8 Å². The molecule has 1 saturated carbocycles. The molecule has 0 spiro atoms. The number of nitrogens with zero attached hydrogens (tertiary/aromatic N) is 4. The number of sulfonamides is 1. The molecular formula is C21H19ClF3N5O2S. The third kappa shape index (κ3) is 4.43. The fraction of sp³-hybridized carbons (Fsp3) is 0.381. The number of nitriles is 1. The smallest absolute Gasteiger partial charge is 0.320 e. The lowest BCUT2D eigenvalue weighted by Crippen LogP contribution is -2.42. The highest BCUT2D eigenvalue weighted by Gasteiger charge is 2.39. The lowest BCUT2D eigenvalue weighted by Gasteiger charge is -2.18. The van der Waals surface area contributed by atoms with Crippen molar-refractivity contribution in [3.05, 3.63) is 41.2 Å². The van der Waals surface area contributed by atoms with E-state index in [0.717, 1.165) is 38.8 Å². The minimum Gasteiger partial charge on any atom is -0.320 e. The van der Waals surface area contributed by atoms with Crippen molar-refractivity contribution in [3.63, 3.8) is 0 Å². The van der Waals surface area contributed by atoms with Gasteiger partial charge in [0.25, 0.3) is 0 Å². The number of alkyl halides is 3. The molecule has 174 valence electrons. The third-order valence-electron chi connectivity index (χ3n) is 5.72. The second-order valence-electron chi connectivity index (χ2n) is 7.93.